The van der Waals surface area contributed by atoms with E-state index in [-0.39, 0.29) is 11.6 Å². The summed E-state index contributed by atoms with van der Waals surface area (Å²) in [4.78, 5) is 19.4. The summed E-state index contributed by atoms with van der Waals surface area (Å²) in [6, 6.07) is 16.6. The van der Waals surface area contributed by atoms with E-state index in [0.29, 0.717) is 22.6 Å². The van der Waals surface area contributed by atoms with Gasteiger partial charge in [-0.15, -0.1) is 11.3 Å². The van der Waals surface area contributed by atoms with E-state index in [1.165, 1.54) is 50.2 Å². The van der Waals surface area contributed by atoms with Crippen LogP contribution in [-0.4, -0.2) is 35.1 Å². The number of anilines is 1. The average Bonchev–Trinajstić information content (AvgIpc) is 3.35. The molecule has 0 aliphatic carbocycles. The Labute approximate surface area is 249 Å². The second-order valence-corrected chi connectivity index (χ2v) is 11.6. The number of Topliss-reactive ketones (excluding diaryl/α,β-unsaturated/α-hetero) is 1. The number of nitrogens with one attached hydrogen (secondary N) is 2. The fourth-order valence-electron chi connectivity index (χ4n) is 3.60. The lowest BCUT2D eigenvalue weighted by Crippen LogP contribution is -2.27. The van der Waals surface area contributed by atoms with Gasteiger partial charge in [-0.1, -0.05) is 46.2 Å². The SMILES string of the molecule is CC(=O)c1ccc(Oc2ccnc(N)c2C=N)cc1.CC1CCCNC1.CCC(C)C.Cc1nc2ccccc2s1. The van der Waals surface area contributed by atoms with Crippen molar-refractivity contribution in [3.63, 3.8) is 0 Å². The average molecular weight is 576 g/mol. The summed E-state index contributed by atoms with van der Waals surface area (Å²) in [7, 11) is 0. The highest BCUT2D eigenvalue weighted by atomic mass is 32.1. The first-order valence-electron chi connectivity index (χ1n) is 14.2. The van der Waals surface area contributed by atoms with Gasteiger partial charge in [-0.2, -0.15) is 0 Å². The van der Waals surface area contributed by atoms with Gasteiger partial charge in [0, 0.05) is 18.0 Å². The molecular weight excluding hydrogens is 530 g/mol. The van der Waals surface area contributed by atoms with Crippen molar-refractivity contribution in [3.8, 4) is 11.5 Å². The van der Waals surface area contributed by atoms with E-state index in [0.717, 1.165) is 28.6 Å². The van der Waals surface area contributed by atoms with Crippen LogP contribution in [0, 0.1) is 24.2 Å². The maximum atomic E-state index is 11.2. The van der Waals surface area contributed by atoms with E-state index < -0.39 is 0 Å². The zero-order valence-corrected chi connectivity index (χ0v) is 26.1. The number of nitrogens with zero attached hydrogens (tertiary/aromatic N) is 2. The molecule has 8 heteroatoms. The predicted octanol–water partition coefficient (Wildman–Crippen LogP) is 8.32. The first-order valence-corrected chi connectivity index (χ1v) is 15.0. The van der Waals surface area contributed by atoms with E-state index in [1.54, 1.807) is 41.7 Å². The lowest BCUT2D eigenvalue weighted by Gasteiger charge is -2.17. The number of nitrogens with two attached hydrogens (primary N) is 1. The van der Waals surface area contributed by atoms with Gasteiger partial charge >= 0.3 is 0 Å². The number of pyridine rings is 1. The molecule has 1 atom stereocenters. The van der Waals surface area contributed by atoms with Crippen LogP contribution in [0.2, 0.25) is 0 Å². The Morgan fingerprint density at radius 3 is 2.39 bits per heavy atom. The van der Waals surface area contributed by atoms with Crippen LogP contribution in [0.4, 0.5) is 5.82 Å². The van der Waals surface area contributed by atoms with Gasteiger partial charge in [-0.25, -0.2) is 9.97 Å². The lowest BCUT2D eigenvalue weighted by atomic mass is 10.0. The molecule has 4 aromatic rings. The second kappa shape index (κ2) is 17.9. The second-order valence-electron chi connectivity index (χ2n) is 10.4. The molecule has 2 aromatic carbocycles. The van der Waals surface area contributed by atoms with Crippen LogP contribution in [0.25, 0.3) is 10.2 Å². The number of fused-ring (bicyclic) bond motifs is 1. The Morgan fingerprint density at radius 2 is 1.88 bits per heavy atom. The Kier molecular flexibility index (Phi) is 14.7. The fourth-order valence-corrected chi connectivity index (χ4v) is 4.43. The standard InChI is InChI=1S/C14H13N3O2.C8H7NS.C6H13N.C5H12/c1-9(18)10-2-4-11(5-3-10)19-13-6-7-17-14(16)12(13)8-15;1-6-9-7-4-2-3-5-8(7)10-6;1-6-3-2-4-7-5-6;1-4-5(2)3/h2-8,15H,1H3,(H2,16,17);2-5H,1H3;6-7H,2-5H2,1H3;5H,4H2,1-3H3. The number of piperidine rings is 1. The van der Waals surface area contributed by atoms with E-state index in [1.807, 2.05) is 25.1 Å². The number of carbonyl (C=O) groups excluding carboxylic acids is 1. The summed E-state index contributed by atoms with van der Waals surface area (Å²) < 4.78 is 6.91. The highest BCUT2D eigenvalue weighted by Gasteiger charge is 2.08. The summed E-state index contributed by atoms with van der Waals surface area (Å²) in [5.41, 5.74) is 7.83. The van der Waals surface area contributed by atoms with Crippen molar-refractivity contribution in [3.05, 3.63) is 76.9 Å². The zero-order chi connectivity index (χ0) is 30.2. The molecule has 0 bridgehead atoms. The van der Waals surface area contributed by atoms with Crippen molar-refractivity contribution < 1.29 is 9.53 Å². The predicted molar refractivity (Wildman–Crippen MR) is 174 cm³/mol. The molecular formula is C33H45N5O2S. The molecule has 1 saturated heterocycles. The fraction of sp³-hybridized carbons (Fsp3) is 0.394. The first-order chi connectivity index (χ1) is 19.6. The maximum Gasteiger partial charge on any atom is 0.159 e. The minimum atomic E-state index is -0.000105. The van der Waals surface area contributed by atoms with Crippen LogP contribution >= 0.6 is 11.3 Å². The summed E-state index contributed by atoms with van der Waals surface area (Å²) in [5, 5.41) is 11.8. The third kappa shape index (κ3) is 12.2. The molecule has 0 saturated carbocycles. The first kappa shape index (κ1) is 33.6. The van der Waals surface area contributed by atoms with E-state index in [4.69, 9.17) is 15.9 Å². The summed E-state index contributed by atoms with van der Waals surface area (Å²) in [6.45, 7) is 15.0. The van der Waals surface area contributed by atoms with Crippen LogP contribution < -0.4 is 15.8 Å². The third-order valence-electron chi connectivity index (χ3n) is 6.37. The number of ketones is 1. The number of aromatic nitrogens is 2. The topological polar surface area (TPSA) is 114 Å². The van der Waals surface area contributed by atoms with E-state index >= 15 is 0 Å². The van der Waals surface area contributed by atoms with E-state index in [9.17, 15) is 4.79 Å². The maximum absolute atomic E-state index is 11.2. The van der Waals surface area contributed by atoms with Crippen molar-refractivity contribution in [2.24, 2.45) is 11.8 Å². The Hall–Kier alpha value is -3.62. The number of ether oxygens (including phenoxy) is 1. The zero-order valence-electron chi connectivity index (χ0n) is 25.2. The van der Waals surface area contributed by atoms with Gasteiger partial charge < -0.3 is 21.2 Å². The van der Waals surface area contributed by atoms with Crippen LogP contribution in [0.5, 0.6) is 11.5 Å². The quantitative estimate of drug-likeness (QED) is 0.163. The largest absolute Gasteiger partial charge is 0.456 e. The van der Waals surface area contributed by atoms with Gasteiger partial charge in [0.25, 0.3) is 0 Å². The molecule has 0 spiro atoms. The number of benzene rings is 2. The highest BCUT2D eigenvalue weighted by molar-refractivity contribution is 7.18. The molecule has 7 nitrogen and oxygen atoms in total. The molecule has 2 aromatic heterocycles. The summed E-state index contributed by atoms with van der Waals surface area (Å²) in [5.74, 6) is 3.08. The molecule has 1 unspecified atom stereocenters. The number of hydrogen-bond acceptors (Lipinski definition) is 8. The van der Waals surface area contributed by atoms with Crippen molar-refractivity contribution in [2.45, 2.75) is 60.8 Å². The molecule has 41 heavy (non-hydrogen) atoms. The van der Waals surface area contributed by atoms with Crippen LogP contribution in [-0.2, 0) is 0 Å². The number of thiazole rings is 1. The van der Waals surface area contributed by atoms with E-state index in [2.05, 4.69) is 49.0 Å². The number of carbonyl (C=O) groups is 1. The van der Waals surface area contributed by atoms with Crippen LogP contribution in [0.3, 0.4) is 0 Å². The van der Waals surface area contributed by atoms with Crippen LogP contribution in [0.15, 0.2) is 60.8 Å². The molecule has 4 N–H and O–H groups in total. The molecule has 1 fully saturated rings. The normalized spacial score (nSPS) is 14.0. The van der Waals surface area contributed by atoms with Gasteiger partial charge in [0.15, 0.2) is 5.78 Å². The Morgan fingerprint density at radius 1 is 1.20 bits per heavy atom. The lowest BCUT2D eigenvalue weighted by molar-refractivity contribution is 0.101. The summed E-state index contributed by atoms with van der Waals surface area (Å²) >= 11 is 1.74. The smallest absolute Gasteiger partial charge is 0.159 e. The van der Waals surface area contributed by atoms with Crippen molar-refractivity contribution in [2.75, 3.05) is 18.8 Å². The molecule has 1 aliphatic heterocycles. The van der Waals surface area contributed by atoms with Crippen molar-refractivity contribution in [1.82, 2.24) is 15.3 Å². The monoisotopic (exact) mass is 575 g/mol. The minimum Gasteiger partial charge on any atom is -0.456 e. The van der Waals surface area contributed by atoms with Gasteiger partial charge in [0.1, 0.15) is 17.3 Å². The molecule has 0 radical (unpaired) electrons. The molecule has 5 rings (SSSR count). The molecule has 1 aliphatic rings. The molecule has 220 valence electrons. The minimum absolute atomic E-state index is 0.000105. The van der Waals surface area contributed by atoms with Gasteiger partial charge in [0.2, 0.25) is 0 Å². The van der Waals surface area contributed by atoms with Gasteiger partial charge in [-0.3, -0.25) is 4.79 Å². The number of hydrogen-bond donors (Lipinski definition) is 3. The molecule has 3 heterocycles. The van der Waals surface area contributed by atoms with Crippen molar-refractivity contribution >= 4 is 39.4 Å². The number of rotatable bonds is 5. The van der Waals surface area contributed by atoms with Gasteiger partial charge in [0.05, 0.1) is 20.8 Å². The highest BCUT2D eigenvalue weighted by Crippen LogP contribution is 2.26. The Bertz CT molecular complexity index is 1310. The van der Waals surface area contributed by atoms with Gasteiger partial charge in [-0.05, 0) is 94.1 Å². The number of para-hydroxylation sites is 1. The molecule has 0 amide bonds. The number of aryl methyl sites for hydroxylation is 1. The third-order valence-corrected chi connectivity index (χ3v) is 7.33. The van der Waals surface area contributed by atoms with Crippen molar-refractivity contribution in [1.29, 1.82) is 5.41 Å². The number of nitrogen functional groups attached to an aromatic ring is 1. The Balaban J connectivity index is 0.000000221. The summed E-state index contributed by atoms with van der Waals surface area (Å²) in [6.07, 6.45) is 6.72. The van der Waals surface area contributed by atoms with Crippen LogP contribution in [0.1, 0.15) is 74.8 Å².